The van der Waals surface area contributed by atoms with Gasteiger partial charge in [-0.15, -0.1) is 0 Å². The van der Waals surface area contributed by atoms with Crippen LogP contribution in [-0.4, -0.2) is 54.5 Å². The molecular weight excluding hydrogens is 342 g/mol. The van der Waals surface area contributed by atoms with E-state index in [-0.39, 0.29) is 24.1 Å². The molecule has 6 heteroatoms. The topological polar surface area (TPSA) is 81.7 Å². The summed E-state index contributed by atoms with van der Waals surface area (Å²) >= 11 is 0. The largest absolute Gasteiger partial charge is 0.503 e. The maximum absolute atomic E-state index is 12.6. The van der Waals surface area contributed by atoms with Crippen molar-refractivity contribution in [1.29, 1.82) is 0 Å². The third-order valence-electron chi connectivity index (χ3n) is 5.59. The van der Waals surface area contributed by atoms with Crippen LogP contribution in [0.3, 0.4) is 0 Å². The number of hydrogen-bond acceptors (Lipinski definition) is 4. The van der Waals surface area contributed by atoms with Crippen LogP contribution < -0.4 is 10.6 Å². The Morgan fingerprint density at radius 3 is 2.56 bits per heavy atom. The van der Waals surface area contributed by atoms with E-state index in [0.717, 1.165) is 38.6 Å². The molecule has 3 N–H and O–H groups in total. The number of carbonyl (C=O) groups excluding carboxylic acids is 2. The fourth-order valence-corrected chi connectivity index (χ4v) is 3.99. The highest BCUT2D eigenvalue weighted by atomic mass is 16.3. The van der Waals surface area contributed by atoms with Gasteiger partial charge in [0.15, 0.2) is 5.76 Å². The minimum Gasteiger partial charge on any atom is -0.503 e. The lowest BCUT2D eigenvalue weighted by Gasteiger charge is -2.29. The molecule has 1 saturated carbocycles. The Kier molecular flexibility index (Phi) is 6.50. The first-order valence-corrected chi connectivity index (χ1v) is 9.82. The molecule has 0 atom stereocenters. The molecule has 27 heavy (non-hydrogen) atoms. The lowest BCUT2D eigenvalue weighted by Crippen LogP contribution is -2.39. The van der Waals surface area contributed by atoms with E-state index in [2.05, 4.69) is 34.9 Å². The van der Waals surface area contributed by atoms with Gasteiger partial charge in [0.2, 0.25) is 0 Å². The number of hydrogen-bond donors (Lipinski definition) is 3. The second kappa shape index (κ2) is 9.04. The molecule has 1 heterocycles. The van der Waals surface area contributed by atoms with Gasteiger partial charge < -0.3 is 20.6 Å². The van der Waals surface area contributed by atoms with Crippen LogP contribution in [0.25, 0.3) is 0 Å². The van der Waals surface area contributed by atoms with Crippen molar-refractivity contribution in [2.75, 3.05) is 26.7 Å². The van der Waals surface area contributed by atoms with E-state index in [9.17, 15) is 14.7 Å². The maximum Gasteiger partial charge on any atom is 0.289 e. The highest BCUT2D eigenvalue weighted by Crippen LogP contribution is 2.33. The summed E-state index contributed by atoms with van der Waals surface area (Å²) in [7, 11) is 1.85. The van der Waals surface area contributed by atoms with Gasteiger partial charge in [-0.1, -0.05) is 30.3 Å². The van der Waals surface area contributed by atoms with Crippen molar-refractivity contribution in [3.8, 4) is 0 Å². The maximum atomic E-state index is 12.6. The van der Waals surface area contributed by atoms with E-state index in [1.54, 1.807) is 0 Å². The summed E-state index contributed by atoms with van der Waals surface area (Å²) in [6.45, 7) is 1.51. The Labute approximate surface area is 160 Å². The molecule has 2 amide bonds. The SMILES string of the molecule is CNCCCN1CC(C(=O)N[C@H]2CC[C@@H](c3ccccc3)CC2)=C(O)C1=O. The molecule has 1 aliphatic heterocycles. The normalized spacial score (nSPS) is 23.0. The van der Waals surface area contributed by atoms with Gasteiger partial charge in [-0.25, -0.2) is 0 Å². The molecule has 0 radical (unpaired) electrons. The van der Waals surface area contributed by atoms with Crippen molar-refractivity contribution in [3.63, 3.8) is 0 Å². The van der Waals surface area contributed by atoms with Crippen LogP contribution in [0.5, 0.6) is 0 Å². The van der Waals surface area contributed by atoms with Crippen LogP contribution in [0.2, 0.25) is 0 Å². The van der Waals surface area contributed by atoms with E-state index >= 15 is 0 Å². The number of nitrogens with one attached hydrogen (secondary N) is 2. The lowest BCUT2D eigenvalue weighted by atomic mass is 9.82. The van der Waals surface area contributed by atoms with Crippen LogP contribution in [0, 0.1) is 0 Å². The summed E-state index contributed by atoms with van der Waals surface area (Å²) in [5.41, 5.74) is 1.57. The van der Waals surface area contributed by atoms with Crippen molar-refractivity contribution in [3.05, 3.63) is 47.2 Å². The van der Waals surface area contributed by atoms with Crippen LogP contribution in [0.4, 0.5) is 0 Å². The van der Waals surface area contributed by atoms with E-state index in [1.807, 2.05) is 13.1 Å². The molecule has 1 fully saturated rings. The third kappa shape index (κ3) is 4.69. The first-order valence-electron chi connectivity index (χ1n) is 9.82. The molecule has 1 aromatic rings. The van der Waals surface area contributed by atoms with Gasteiger partial charge in [-0.3, -0.25) is 9.59 Å². The molecule has 1 aromatic carbocycles. The Hall–Kier alpha value is -2.34. The highest BCUT2D eigenvalue weighted by Gasteiger charge is 2.34. The molecule has 1 aliphatic carbocycles. The van der Waals surface area contributed by atoms with Crippen LogP contribution in [0.15, 0.2) is 41.7 Å². The van der Waals surface area contributed by atoms with Gasteiger partial charge in [0.25, 0.3) is 11.8 Å². The molecular formula is C21H29N3O3. The minimum atomic E-state index is -0.441. The summed E-state index contributed by atoms with van der Waals surface area (Å²) in [5.74, 6) is -0.596. The number of aliphatic hydroxyl groups is 1. The number of rotatable bonds is 7. The molecule has 0 bridgehead atoms. The fraction of sp³-hybridized carbons (Fsp3) is 0.524. The van der Waals surface area contributed by atoms with Crippen molar-refractivity contribution >= 4 is 11.8 Å². The Bertz CT molecular complexity index is 694. The molecule has 0 saturated heterocycles. The third-order valence-corrected chi connectivity index (χ3v) is 5.59. The molecule has 0 spiro atoms. The van der Waals surface area contributed by atoms with Gasteiger partial charge in [0, 0.05) is 12.6 Å². The molecule has 6 nitrogen and oxygen atoms in total. The van der Waals surface area contributed by atoms with Crippen LogP contribution in [0.1, 0.15) is 43.6 Å². The fourth-order valence-electron chi connectivity index (χ4n) is 3.99. The lowest BCUT2D eigenvalue weighted by molar-refractivity contribution is -0.127. The number of amides is 2. The summed E-state index contributed by atoms with van der Waals surface area (Å²) in [6, 6.07) is 10.6. The Morgan fingerprint density at radius 2 is 1.89 bits per heavy atom. The molecule has 146 valence electrons. The number of nitrogens with zero attached hydrogens (tertiary/aromatic N) is 1. The minimum absolute atomic E-state index is 0.103. The molecule has 2 aliphatic rings. The standard InChI is InChI=1S/C21H29N3O3/c1-22-12-5-13-24-14-18(19(25)21(24)27)20(26)23-17-10-8-16(9-11-17)15-6-3-2-4-7-15/h2-4,6-7,16-17,22,25H,5,8-14H2,1H3,(H,23,26)/t16-,17+. The van der Waals surface area contributed by atoms with E-state index in [1.165, 1.54) is 10.5 Å². The zero-order chi connectivity index (χ0) is 19.2. The Balaban J connectivity index is 1.50. The van der Waals surface area contributed by atoms with Crippen molar-refractivity contribution in [2.24, 2.45) is 0 Å². The number of benzene rings is 1. The van der Waals surface area contributed by atoms with E-state index in [4.69, 9.17) is 0 Å². The van der Waals surface area contributed by atoms with Crippen molar-refractivity contribution < 1.29 is 14.7 Å². The zero-order valence-electron chi connectivity index (χ0n) is 15.9. The molecule has 0 aromatic heterocycles. The van der Waals surface area contributed by atoms with E-state index < -0.39 is 11.7 Å². The summed E-state index contributed by atoms with van der Waals surface area (Å²) in [4.78, 5) is 26.2. The van der Waals surface area contributed by atoms with Crippen LogP contribution in [-0.2, 0) is 9.59 Å². The first kappa shape index (κ1) is 19.4. The van der Waals surface area contributed by atoms with Crippen molar-refractivity contribution in [1.82, 2.24) is 15.5 Å². The molecule has 3 rings (SSSR count). The van der Waals surface area contributed by atoms with E-state index in [0.29, 0.717) is 12.5 Å². The smallest absolute Gasteiger partial charge is 0.289 e. The van der Waals surface area contributed by atoms with Gasteiger partial charge in [0.1, 0.15) is 0 Å². The monoisotopic (exact) mass is 371 g/mol. The summed E-state index contributed by atoms with van der Waals surface area (Å²) in [5, 5.41) is 16.1. The van der Waals surface area contributed by atoms with Crippen molar-refractivity contribution in [2.45, 2.75) is 44.1 Å². The predicted octanol–water partition coefficient (Wildman–Crippen LogP) is 2.09. The quantitative estimate of drug-likeness (QED) is 0.641. The van der Waals surface area contributed by atoms with Gasteiger partial charge in [-0.05, 0) is 57.2 Å². The first-order chi connectivity index (χ1) is 13.1. The number of aliphatic hydroxyl groups excluding tert-OH is 1. The highest BCUT2D eigenvalue weighted by molar-refractivity contribution is 6.07. The second-order valence-electron chi connectivity index (χ2n) is 7.44. The average molecular weight is 371 g/mol. The summed E-state index contributed by atoms with van der Waals surface area (Å²) in [6.07, 6.45) is 4.69. The zero-order valence-corrected chi connectivity index (χ0v) is 15.9. The Morgan fingerprint density at radius 1 is 1.19 bits per heavy atom. The predicted molar refractivity (Wildman–Crippen MR) is 104 cm³/mol. The van der Waals surface area contributed by atoms with Crippen LogP contribution >= 0.6 is 0 Å². The average Bonchev–Trinajstić information content (AvgIpc) is 2.98. The molecule has 0 unspecified atom stereocenters. The summed E-state index contributed by atoms with van der Waals surface area (Å²) < 4.78 is 0. The van der Waals surface area contributed by atoms with Gasteiger partial charge in [-0.2, -0.15) is 0 Å². The second-order valence-corrected chi connectivity index (χ2v) is 7.44. The van der Waals surface area contributed by atoms with Gasteiger partial charge >= 0.3 is 0 Å². The van der Waals surface area contributed by atoms with Gasteiger partial charge in [0.05, 0.1) is 12.1 Å². The number of carbonyl (C=O) groups is 2.